The topological polar surface area (TPSA) is 64.1 Å². The van der Waals surface area contributed by atoms with Crippen LogP contribution in [0.2, 0.25) is 5.02 Å². The normalized spacial score (nSPS) is 10.2. The quantitative estimate of drug-likeness (QED) is 0.764. The molecule has 0 unspecified atom stereocenters. The van der Waals surface area contributed by atoms with Gasteiger partial charge >= 0.3 is 0 Å². The molecule has 24 heavy (non-hydrogen) atoms. The van der Waals surface area contributed by atoms with E-state index in [2.05, 4.69) is 15.3 Å². The van der Waals surface area contributed by atoms with Crippen LogP contribution in [0.3, 0.4) is 0 Å². The van der Waals surface area contributed by atoms with Crippen LogP contribution in [0.25, 0.3) is 0 Å². The molecule has 1 heterocycles. The van der Waals surface area contributed by atoms with Crippen LogP contribution in [0.5, 0.6) is 5.88 Å². The highest BCUT2D eigenvalue weighted by Crippen LogP contribution is 2.16. The monoisotopic (exact) mass is 339 g/mol. The summed E-state index contributed by atoms with van der Waals surface area (Å²) in [5, 5.41) is 3.27. The number of anilines is 1. The Hall–Kier alpha value is -2.92. The highest BCUT2D eigenvalue weighted by Gasteiger charge is 2.10. The maximum atomic E-state index is 12.3. The fourth-order valence-electron chi connectivity index (χ4n) is 2.04. The molecule has 6 heteroatoms. The summed E-state index contributed by atoms with van der Waals surface area (Å²) in [6, 6.07) is 18.1. The van der Waals surface area contributed by atoms with Crippen molar-refractivity contribution in [2.24, 2.45) is 0 Å². The van der Waals surface area contributed by atoms with Crippen molar-refractivity contribution in [2.75, 3.05) is 5.32 Å². The first-order valence-electron chi connectivity index (χ1n) is 7.26. The number of benzene rings is 2. The third-order valence-corrected chi connectivity index (χ3v) is 3.42. The summed E-state index contributed by atoms with van der Waals surface area (Å²) in [5.74, 6) is -0.0191. The molecular weight excluding hydrogens is 326 g/mol. The summed E-state index contributed by atoms with van der Waals surface area (Å²) in [7, 11) is 0. The highest BCUT2D eigenvalue weighted by molar-refractivity contribution is 6.30. The number of hydrogen-bond acceptors (Lipinski definition) is 4. The summed E-state index contributed by atoms with van der Waals surface area (Å²) in [4.78, 5) is 20.3. The Kier molecular flexibility index (Phi) is 5.03. The van der Waals surface area contributed by atoms with Crippen molar-refractivity contribution in [3.63, 3.8) is 0 Å². The fourth-order valence-corrected chi connectivity index (χ4v) is 2.23. The summed E-state index contributed by atoms with van der Waals surface area (Å²) < 4.78 is 5.60. The van der Waals surface area contributed by atoms with Gasteiger partial charge in [-0.2, -0.15) is 0 Å². The average molecular weight is 340 g/mol. The number of amides is 1. The molecule has 0 aliphatic heterocycles. The summed E-state index contributed by atoms with van der Waals surface area (Å²) >= 11 is 5.90. The molecule has 2 aromatic carbocycles. The van der Waals surface area contributed by atoms with Gasteiger partial charge in [0.25, 0.3) is 5.91 Å². The third kappa shape index (κ3) is 4.30. The van der Waals surface area contributed by atoms with E-state index in [1.807, 2.05) is 30.3 Å². The van der Waals surface area contributed by atoms with E-state index in [1.165, 1.54) is 12.4 Å². The van der Waals surface area contributed by atoms with Crippen molar-refractivity contribution in [3.05, 3.63) is 83.3 Å². The van der Waals surface area contributed by atoms with Gasteiger partial charge in [-0.15, -0.1) is 0 Å². The zero-order valence-electron chi connectivity index (χ0n) is 12.6. The second-order valence-electron chi connectivity index (χ2n) is 4.98. The van der Waals surface area contributed by atoms with E-state index in [9.17, 15) is 4.79 Å². The smallest absolute Gasteiger partial charge is 0.274 e. The molecule has 0 radical (unpaired) electrons. The largest absolute Gasteiger partial charge is 0.473 e. The van der Waals surface area contributed by atoms with Gasteiger partial charge in [-0.3, -0.25) is 4.79 Å². The first-order chi connectivity index (χ1) is 11.7. The predicted octanol–water partition coefficient (Wildman–Crippen LogP) is 3.96. The van der Waals surface area contributed by atoms with Gasteiger partial charge in [0, 0.05) is 16.8 Å². The summed E-state index contributed by atoms with van der Waals surface area (Å²) in [6.07, 6.45) is 1.30. The minimum Gasteiger partial charge on any atom is -0.473 e. The van der Waals surface area contributed by atoms with Gasteiger partial charge in [-0.25, -0.2) is 9.97 Å². The second kappa shape index (κ2) is 7.57. The molecule has 0 saturated carbocycles. The molecule has 120 valence electrons. The molecule has 1 N–H and O–H groups in total. The van der Waals surface area contributed by atoms with Crippen molar-refractivity contribution in [1.82, 2.24) is 9.97 Å². The standard InChI is InChI=1S/C18H14ClN3O2/c19-14-7-4-8-15(9-14)22-18(23)16-10-17(21-12-20-16)24-11-13-5-2-1-3-6-13/h1-10,12H,11H2,(H,22,23). The number of ether oxygens (including phenoxy) is 1. The Morgan fingerprint density at radius 1 is 1.04 bits per heavy atom. The van der Waals surface area contributed by atoms with Crippen LogP contribution in [0.15, 0.2) is 67.0 Å². The number of nitrogens with one attached hydrogen (secondary N) is 1. The first kappa shape index (κ1) is 16.0. The van der Waals surface area contributed by atoms with Crippen molar-refractivity contribution in [3.8, 4) is 5.88 Å². The Morgan fingerprint density at radius 3 is 2.67 bits per heavy atom. The number of halogens is 1. The van der Waals surface area contributed by atoms with Gasteiger partial charge in [0.1, 0.15) is 18.6 Å². The zero-order chi connectivity index (χ0) is 16.8. The molecular formula is C18H14ClN3O2. The molecule has 0 aliphatic carbocycles. The molecule has 5 nitrogen and oxygen atoms in total. The maximum Gasteiger partial charge on any atom is 0.274 e. The van der Waals surface area contributed by atoms with Gasteiger partial charge in [0.05, 0.1) is 0 Å². The molecule has 0 bridgehead atoms. The number of rotatable bonds is 5. The number of carbonyl (C=O) groups is 1. The Labute approximate surface area is 144 Å². The van der Waals surface area contributed by atoms with Crippen LogP contribution in [0.4, 0.5) is 5.69 Å². The summed E-state index contributed by atoms with van der Waals surface area (Å²) in [5.41, 5.74) is 1.83. The number of carbonyl (C=O) groups excluding carboxylic acids is 1. The van der Waals surface area contributed by atoms with Crippen LogP contribution < -0.4 is 10.1 Å². The van der Waals surface area contributed by atoms with Crippen LogP contribution in [0.1, 0.15) is 16.1 Å². The lowest BCUT2D eigenvalue weighted by Crippen LogP contribution is -2.14. The molecule has 0 saturated heterocycles. The van der Waals surface area contributed by atoms with Crippen LogP contribution in [-0.4, -0.2) is 15.9 Å². The lowest BCUT2D eigenvalue weighted by Gasteiger charge is -2.07. The van der Waals surface area contributed by atoms with Crippen LogP contribution in [0, 0.1) is 0 Å². The highest BCUT2D eigenvalue weighted by atomic mass is 35.5. The molecule has 0 atom stereocenters. The van der Waals surface area contributed by atoms with Gasteiger partial charge < -0.3 is 10.1 Å². The minimum atomic E-state index is -0.357. The lowest BCUT2D eigenvalue weighted by molar-refractivity contribution is 0.102. The first-order valence-corrected chi connectivity index (χ1v) is 7.64. The van der Waals surface area contributed by atoms with Crippen molar-refractivity contribution in [1.29, 1.82) is 0 Å². The predicted molar refractivity (Wildman–Crippen MR) is 92.2 cm³/mol. The molecule has 3 aromatic rings. The Morgan fingerprint density at radius 2 is 1.88 bits per heavy atom. The molecule has 3 rings (SSSR count). The lowest BCUT2D eigenvalue weighted by atomic mass is 10.2. The third-order valence-electron chi connectivity index (χ3n) is 3.19. The van der Waals surface area contributed by atoms with E-state index in [0.29, 0.717) is 23.2 Å². The zero-order valence-corrected chi connectivity index (χ0v) is 13.4. The minimum absolute atomic E-state index is 0.216. The van der Waals surface area contributed by atoms with Gasteiger partial charge in [-0.05, 0) is 23.8 Å². The maximum absolute atomic E-state index is 12.3. The fraction of sp³-hybridized carbons (Fsp3) is 0.0556. The Bertz CT molecular complexity index is 840. The van der Waals surface area contributed by atoms with Gasteiger partial charge in [0.2, 0.25) is 5.88 Å². The number of aromatic nitrogens is 2. The van der Waals surface area contributed by atoms with Crippen molar-refractivity contribution < 1.29 is 9.53 Å². The van der Waals surface area contributed by atoms with Crippen molar-refractivity contribution >= 4 is 23.2 Å². The number of hydrogen-bond donors (Lipinski definition) is 1. The van der Waals surface area contributed by atoms with E-state index in [-0.39, 0.29) is 11.6 Å². The average Bonchev–Trinajstić information content (AvgIpc) is 2.61. The van der Waals surface area contributed by atoms with Gasteiger partial charge in [-0.1, -0.05) is 48.0 Å². The van der Waals surface area contributed by atoms with Crippen LogP contribution >= 0.6 is 11.6 Å². The van der Waals surface area contributed by atoms with E-state index in [1.54, 1.807) is 24.3 Å². The Balaban J connectivity index is 1.67. The van der Waals surface area contributed by atoms with E-state index in [0.717, 1.165) is 5.56 Å². The van der Waals surface area contributed by atoms with E-state index in [4.69, 9.17) is 16.3 Å². The molecule has 0 fully saturated rings. The van der Waals surface area contributed by atoms with Crippen LogP contribution in [-0.2, 0) is 6.61 Å². The molecule has 1 aromatic heterocycles. The van der Waals surface area contributed by atoms with E-state index >= 15 is 0 Å². The molecule has 1 amide bonds. The molecule has 0 spiro atoms. The summed E-state index contributed by atoms with van der Waals surface area (Å²) in [6.45, 7) is 0.368. The SMILES string of the molecule is O=C(Nc1cccc(Cl)c1)c1cc(OCc2ccccc2)ncn1. The number of nitrogens with zero attached hydrogens (tertiary/aromatic N) is 2. The van der Waals surface area contributed by atoms with E-state index < -0.39 is 0 Å². The van der Waals surface area contributed by atoms with Crippen molar-refractivity contribution in [2.45, 2.75) is 6.61 Å². The second-order valence-corrected chi connectivity index (χ2v) is 5.42. The molecule has 0 aliphatic rings. The van der Waals surface area contributed by atoms with Gasteiger partial charge in [0.15, 0.2) is 0 Å².